The van der Waals surface area contributed by atoms with Crippen LogP contribution in [0.5, 0.6) is 0 Å². The summed E-state index contributed by atoms with van der Waals surface area (Å²) in [6.07, 6.45) is -2.13. The Kier molecular flexibility index (Phi) is 3.42. The van der Waals surface area contributed by atoms with E-state index in [9.17, 15) is 13.2 Å². The second-order valence-electron chi connectivity index (χ2n) is 4.04. The van der Waals surface area contributed by atoms with Gasteiger partial charge >= 0.3 is 6.18 Å². The van der Waals surface area contributed by atoms with E-state index in [1.807, 2.05) is 6.92 Å². The van der Waals surface area contributed by atoms with Crippen LogP contribution in [0.2, 0.25) is 0 Å². The topological polar surface area (TPSA) is 29.3 Å². The molecule has 14 heavy (non-hydrogen) atoms. The van der Waals surface area contributed by atoms with Gasteiger partial charge in [0.25, 0.3) is 0 Å². The number of alkyl halides is 3. The molecule has 2 nitrogen and oxygen atoms in total. The molecule has 2 atom stereocenters. The summed E-state index contributed by atoms with van der Waals surface area (Å²) >= 11 is 0. The van der Waals surface area contributed by atoms with Gasteiger partial charge in [0.1, 0.15) is 6.04 Å². The molecule has 2 unspecified atom stereocenters. The molecule has 1 aliphatic rings. The zero-order chi connectivity index (χ0) is 10.9. The first-order valence-electron chi connectivity index (χ1n) is 4.86. The Bertz CT molecular complexity index is 189. The monoisotopic (exact) mass is 210 g/mol. The Morgan fingerprint density at radius 2 is 1.93 bits per heavy atom. The molecule has 0 aliphatic heterocycles. The van der Waals surface area contributed by atoms with Gasteiger partial charge < -0.3 is 5.73 Å². The van der Waals surface area contributed by atoms with Crippen molar-refractivity contribution in [3.63, 3.8) is 0 Å². The summed E-state index contributed by atoms with van der Waals surface area (Å²) in [5.41, 5.74) is 5.16. The number of nitrogens with zero attached hydrogens (tertiary/aromatic N) is 1. The Balaban J connectivity index is 2.58. The second kappa shape index (κ2) is 4.06. The van der Waals surface area contributed by atoms with Gasteiger partial charge in [-0.2, -0.15) is 13.2 Å². The lowest BCUT2D eigenvalue weighted by molar-refractivity contribution is -0.183. The molecule has 5 heteroatoms. The minimum atomic E-state index is -4.22. The van der Waals surface area contributed by atoms with Crippen molar-refractivity contribution in [3.8, 4) is 0 Å². The van der Waals surface area contributed by atoms with Crippen molar-refractivity contribution >= 4 is 0 Å². The van der Waals surface area contributed by atoms with Gasteiger partial charge in [0, 0.05) is 12.6 Å². The Hall–Kier alpha value is -0.290. The van der Waals surface area contributed by atoms with E-state index < -0.39 is 12.2 Å². The summed E-state index contributed by atoms with van der Waals surface area (Å²) in [4.78, 5) is 1.36. The molecule has 0 amide bonds. The number of hydrogen-bond donors (Lipinski definition) is 1. The lowest BCUT2D eigenvalue weighted by atomic mass is 10.1. The standard InChI is InChI=1S/C9H17F3N2/c1-6(7-3-4-7)14(2)8(5-13)9(10,11)12/h6-8H,3-5,13H2,1-2H3. The highest BCUT2D eigenvalue weighted by Gasteiger charge is 2.44. The minimum absolute atomic E-state index is 0.0230. The third-order valence-corrected chi connectivity index (χ3v) is 3.04. The van der Waals surface area contributed by atoms with Gasteiger partial charge in [-0.25, -0.2) is 0 Å². The van der Waals surface area contributed by atoms with E-state index in [2.05, 4.69) is 0 Å². The van der Waals surface area contributed by atoms with Gasteiger partial charge in [-0.3, -0.25) is 4.90 Å². The number of likely N-dealkylation sites (N-methyl/N-ethyl adjacent to an activating group) is 1. The maximum atomic E-state index is 12.5. The first-order chi connectivity index (χ1) is 6.38. The molecule has 1 saturated carbocycles. The van der Waals surface area contributed by atoms with Crippen LogP contribution in [0.1, 0.15) is 19.8 Å². The molecule has 0 radical (unpaired) electrons. The fraction of sp³-hybridized carbons (Fsp3) is 1.00. The molecule has 0 aromatic carbocycles. The quantitative estimate of drug-likeness (QED) is 0.763. The normalized spacial score (nSPS) is 22.5. The van der Waals surface area contributed by atoms with Crippen LogP contribution < -0.4 is 5.73 Å². The molecule has 0 bridgehead atoms. The van der Waals surface area contributed by atoms with Crippen molar-refractivity contribution in [2.75, 3.05) is 13.6 Å². The predicted octanol–water partition coefficient (Wildman–Crippen LogP) is 1.61. The van der Waals surface area contributed by atoms with Crippen LogP contribution in [0, 0.1) is 5.92 Å². The molecule has 0 saturated heterocycles. The van der Waals surface area contributed by atoms with Crippen LogP contribution in [-0.2, 0) is 0 Å². The Morgan fingerprint density at radius 1 is 1.43 bits per heavy atom. The highest BCUT2D eigenvalue weighted by Crippen LogP contribution is 2.37. The maximum Gasteiger partial charge on any atom is 0.405 e. The molecule has 0 aromatic heterocycles. The number of rotatable bonds is 4. The highest BCUT2D eigenvalue weighted by molar-refractivity contribution is 4.89. The zero-order valence-corrected chi connectivity index (χ0v) is 8.51. The number of halogens is 3. The fourth-order valence-electron chi connectivity index (χ4n) is 1.73. The van der Waals surface area contributed by atoms with E-state index in [4.69, 9.17) is 5.73 Å². The molecule has 1 fully saturated rings. The van der Waals surface area contributed by atoms with E-state index in [1.165, 1.54) is 11.9 Å². The van der Waals surface area contributed by atoms with Crippen LogP contribution in [0.4, 0.5) is 13.2 Å². The van der Waals surface area contributed by atoms with E-state index >= 15 is 0 Å². The zero-order valence-electron chi connectivity index (χ0n) is 8.51. The Morgan fingerprint density at radius 3 is 2.21 bits per heavy atom. The molecule has 0 spiro atoms. The van der Waals surface area contributed by atoms with E-state index in [0.29, 0.717) is 5.92 Å². The van der Waals surface area contributed by atoms with Crippen LogP contribution in [-0.4, -0.2) is 36.8 Å². The minimum Gasteiger partial charge on any atom is -0.329 e. The molecule has 1 rings (SSSR count). The summed E-state index contributed by atoms with van der Waals surface area (Å²) in [5.74, 6) is 0.427. The number of hydrogen-bond acceptors (Lipinski definition) is 2. The third-order valence-electron chi connectivity index (χ3n) is 3.04. The lowest BCUT2D eigenvalue weighted by Gasteiger charge is -2.33. The summed E-state index contributed by atoms with van der Waals surface area (Å²) < 4.78 is 37.5. The molecule has 0 heterocycles. The summed E-state index contributed by atoms with van der Waals surface area (Å²) in [6.45, 7) is 1.48. The Labute approximate surface area is 82.2 Å². The smallest absolute Gasteiger partial charge is 0.329 e. The second-order valence-corrected chi connectivity index (χ2v) is 4.04. The summed E-state index contributed by atoms with van der Waals surface area (Å²) in [6, 6.07) is -1.52. The lowest BCUT2D eigenvalue weighted by Crippen LogP contribution is -2.52. The van der Waals surface area contributed by atoms with E-state index in [0.717, 1.165) is 12.8 Å². The van der Waals surface area contributed by atoms with Gasteiger partial charge in [-0.15, -0.1) is 0 Å². The summed E-state index contributed by atoms with van der Waals surface area (Å²) in [7, 11) is 1.51. The van der Waals surface area contributed by atoms with Crippen molar-refractivity contribution in [1.29, 1.82) is 0 Å². The highest BCUT2D eigenvalue weighted by atomic mass is 19.4. The van der Waals surface area contributed by atoms with Gasteiger partial charge in [0.2, 0.25) is 0 Å². The van der Waals surface area contributed by atoms with Crippen LogP contribution in [0.25, 0.3) is 0 Å². The van der Waals surface area contributed by atoms with Crippen molar-refractivity contribution < 1.29 is 13.2 Å². The molecular formula is C9H17F3N2. The maximum absolute atomic E-state index is 12.5. The SMILES string of the molecule is CC(C1CC1)N(C)C(CN)C(F)(F)F. The fourth-order valence-corrected chi connectivity index (χ4v) is 1.73. The van der Waals surface area contributed by atoms with Gasteiger partial charge in [0.15, 0.2) is 0 Å². The summed E-state index contributed by atoms with van der Waals surface area (Å²) in [5, 5.41) is 0. The first kappa shape index (κ1) is 11.8. The van der Waals surface area contributed by atoms with Crippen molar-refractivity contribution in [2.45, 2.75) is 38.0 Å². The third kappa shape index (κ3) is 2.60. The van der Waals surface area contributed by atoms with Crippen LogP contribution in [0.3, 0.4) is 0 Å². The van der Waals surface area contributed by atoms with Crippen molar-refractivity contribution in [1.82, 2.24) is 4.90 Å². The van der Waals surface area contributed by atoms with Crippen molar-refractivity contribution in [3.05, 3.63) is 0 Å². The van der Waals surface area contributed by atoms with Crippen LogP contribution >= 0.6 is 0 Å². The largest absolute Gasteiger partial charge is 0.405 e. The molecule has 2 N–H and O–H groups in total. The van der Waals surface area contributed by atoms with Gasteiger partial charge in [-0.05, 0) is 32.7 Å². The number of nitrogens with two attached hydrogens (primary N) is 1. The molecule has 0 aromatic rings. The van der Waals surface area contributed by atoms with E-state index in [-0.39, 0.29) is 12.6 Å². The molecule has 84 valence electrons. The average molecular weight is 210 g/mol. The van der Waals surface area contributed by atoms with E-state index in [1.54, 1.807) is 0 Å². The van der Waals surface area contributed by atoms with Crippen LogP contribution in [0.15, 0.2) is 0 Å². The molecule has 1 aliphatic carbocycles. The average Bonchev–Trinajstić information content (AvgIpc) is 2.83. The van der Waals surface area contributed by atoms with Crippen molar-refractivity contribution in [2.24, 2.45) is 11.7 Å². The van der Waals surface area contributed by atoms with Gasteiger partial charge in [0.05, 0.1) is 0 Å². The molecular weight excluding hydrogens is 193 g/mol. The predicted molar refractivity (Wildman–Crippen MR) is 48.8 cm³/mol. The first-order valence-corrected chi connectivity index (χ1v) is 4.86. The van der Waals surface area contributed by atoms with Gasteiger partial charge in [-0.1, -0.05) is 0 Å².